The number of nitrogens with zero attached hydrogens (tertiary/aromatic N) is 1. The van der Waals surface area contributed by atoms with Gasteiger partial charge in [0.15, 0.2) is 11.5 Å². The Bertz CT molecular complexity index is 803. The molecule has 0 saturated heterocycles. The summed E-state index contributed by atoms with van der Waals surface area (Å²) < 4.78 is 10.6. The number of likely N-dealkylation sites (N-methyl/N-ethyl adjacent to an activating group) is 1. The summed E-state index contributed by atoms with van der Waals surface area (Å²) in [6, 6.07) is 12.7. The number of nitrogens with one attached hydrogen (secondary N) is 1. The number of phenolic OH excluding ortho intramolecular Hbond substituents is 1. The average molecular weight is 399 g/mol. The van der Waals surface area contributed by atoms with E-state index in [-0.39, 0.29) is 11.7 Å². The molecule has 0 heterocycles. The molecule has 0 atom stereocenters. The van der Waals surface area contributed by atoms with Crippen molar-refractivity contribution in [2.45, 2.75) is 12.8 Å². The van der Waals surface area contributed by atoms with Crippen molar-refractivity contribution in [3.05, 3.63) is 59.7 Å². The molecule has 0 aromatic heterocycles. The highest BCUT2D eigenvalue weighted by atomic mass is 16.5. The largest absolute Gasteiger partial charge is 0.508 e. The van der Waals surface area contributed by atoms with Gasteiger partial charge in [0.25, 0.3) is 0 Å². The van der Waals surface area contributed by atoms with Gasteiger partial charge in [0.1, 0.15) is 5.75 Å². The molecule has 2 aromatic carbocycles. The van der Waals surface area contributed by atoms with Gasteiger partial charge in [-0.25, -0.2) is 0 Å². The molecule has 0 saturated carbocycles. The highest BCUT2D eigenvalue weighted by molar-refractivity contribution is 5.91. The summed E-state index contributed by atoms with van der Waals surface area (Å²) in [5.74, 6) is 1.57. The van der Waals surface area contributed by atoms with Gasteiger partial charge < -0.3 is 24.8 Å². The third-order valence-electron chi connectivity index (χ3n) is 4.57. The van der Waals surface area contributed by atoms with E-state index in [1.807, 2.05) is 12.1 Å². The van der Waals surface area contributed by atoms with E-state index in [0.717, 1.165) is 43.0 Å². The average Bonchev–Trinajstić information content (AvgIpc) is 2.74. The summed E-state index contributed by atoms with van der Waals surface area (Å²) in [6.07, 6.45) is 5.02. The number of aromatic hydroxyl groups is 1. The lowest BCUT2D eigenvalue weighted by molar-refractivity contribution is -0.116. The van der Waals surface area contributed by atoms with Crippen LogP contribution in [0.3, 0.4) is 0 Å². The fraction of sp³-hybridized carbons (Fsp3) is 0.348. The maximum absolute atomic E-state index is 11.9. The van der Waals surface area contributed by atoms with Crippen LogP contribution in [0.1, 0.15) is 17.5 Å². The number of amides is 1. The zero-order chi connectivity index (χ0) is 21.1. The minimum Gasteiger partial charge on any atom is -0.508 e. The maximum atomic E-state index is 11.9. The molecule has 0 aliphatic carbocycles. The molecule has 0 spiro atoms. The third kappa shape index (κ3) is 7.87. The Kier molecular flexibility index (Phi) is 9.05. The fourth-order valence-corrected chi connectivity index (χ4v) is 2.84. The highest BCUT2D eigenvalue weighted by Crippen LogP contribution is 2.27. The Morgan fingerprint density at radius 3 is 2.48 bits per heavy atom. The number of hydrogen-bond acceptors (Lipinski definition) is 5. The van der Waals surface area contributed by atoms with E-state index in [9.17, 15) is 9.90 Å². The van der Waals surface area contributed by atoms with Crippen LogP contribution in [0.25, 0.3) is 6.08 Å². The van der Waals surface area contributed by atoms with Crippen molar-refractivity contribution in [3.63, 3.8) is 0 Å². The van der Waals surface area contributed by atoms with Crippen LogP contribution in [0.15, 0.2) is 48.5 Å². The second-order valence-corrected chi connectivity index (χ2v) is 6.81. The summed E-state index contributed by atoms with van der Waals surface area (Å²) in [4.78, 5) is 14.1. The number of hydrogen-bond donors (Lipinski definition) is 2. The van der Waals surface area contributed by atoms with E-state index >= 15 is 0 Å². The van der Waals surface area contributed by atoms with Crippen molar-refractivity contribution in [1.29, 1.82) is 0 Å². The molecule has 1 amide bonds. The molecule has 156 valence electrons. The zero-order valence-electron chi connectivity index (χ0n) is 17.4. The fourth-order valence-electron chi connectivity index (χ4n) is 2.84. The predicted molar refractivity (Wildman–Crippen MR) is 116 cm³/mol. The SMILES string of the molecule is COc1ccc(CCN(C)CCCNC(=O)C=Cc2ccc(O)cc2)cc1OC. The van der Waals surface area contributed by atoms with Crippen LogP contribution >= 0.6 is 0 Å². The first-order valence-electron chi connectivity index (χ1n) is 9.66. The summed E-state index contributed by atoms with van der Waals surface area (Å²) >= 11 is 0. The lowest BCUT2D eigenvalue weighted by Crippen LogP contribution is -2.28. The van der Waals surface area contributed by atoms with Crippen LogP contribution < -0.4 is 14.8 Å². The molecule has 2 rings (SSSR count). The summed E-state index contributed by atoms with van der Waals surface area (Å²) in [7, 11) is 5.35. The third-order valence-corrected chi connectivity index (χ3v) is 4.57. The van der Waals surface area contributed by atoms with Crippen molar-refractivity contribution in [2.75, 3.05) is 40.9 Å². The molecule has 29 heavy (non-hydrogen) atoms. The second kappa shape index (κ2) is 11.8. The van der Waals surface area contributed by atoms with E-state index in [1.54, 1.807) is 44.6 Å². The van der Waals surface area contributed by atoms with Crippen molar-refractivity contribution < 1.29 is 19.4 Å². The number of rotatable bonds is 11. The maximum Gasteiger partial charge on any atom is 0.243 e. The normalized spacial score (nSPS) is 11.0. The van der Waals surface area contributed by atoms with E-state index in [1.165, 1.54) is 11.6 Å². The molecule has 6 heteroatoms. The molecule has 0 unspecified atom stereocenters. The summed E-state index contributed by atoms with van der Waals surface area (Å²) in [5.41, 5.74) is 2.06. The van der Waals surface area contributed by atoms with E-state index in [2.05, 4.69) is 23.3 Å². The van der Waals surface area contributed by atoms with Gasteiger partial charge >= 0.3 is 0 Å². The number of benzene rings is 2. The van der Waals surface area contributed by atoms with Crippen molar-refractivity contribution in [3.8, 4) is 17.2 Å². The molecular weight excluding hydrogens is 368 g/mol. The van der Waals surface area contributed by atoms with Crippen LogP contribution in [0, 0.1) is 0 Å². The smallest absolute Gasteiger partial charge is 0.243 e. The van der Waals surface area contributed by atoms with Crippen molar-refractivity contribution >= 4 is 12.0 Å². The molecule has 0 aliphatic heterocycles. The number of phenols is 1. The standard InChI is InChI=1S/C23H30N2O4/c1-25(16-13-19-7-11-21(28-2)22(17-19)29-3)15-4-14-24-23(27)12-8-18-5-9-20(26)10-6-18/h5-12,17,26H,4,13-16H2,1-3H3,(H,24,27). The molecule has 0 bridgehead atoms. The van der Waals surface area contributed by atoms with Gasteiger partial charge in [-0.3, -0.25) is 4.79 Å². The van der Waals surface area contributed by atoms with Crippen molar-refractivity contribution in [1.82, 2.24) is 10.2 Å². The minimum absolute atomic E-state index is 0.119. The first-order valence-corrected chi connectivity index (χ1v) is 9.66. The molecule has 0 aliphatic rings. The van der Waals surface area contributed by atoms with Gasteiger partial charge in [0.2, 0.25) is 5.91 Å². The van der Waals surface area contributed by atoms with Gasteiger partial charge in [0, 0.05) is 19.2 Å². The Hall–Kier alpha value is -2.99. The van der Waals surface area contributed by atoms with Crippen LogP contribution in [0.5, 0.6) is 17.2 Å². The van der Waals surface area contributed by atoms with E-state index in [4.69, 9.17) is 9.47 Å². The number of carbonyl (C=O) groups is 1. The van der Waals surface area contributed by atoms with Crippen LogP contribution in [0.2, 0.25) is 0 Å². The Labute approximate surface area is 172 Å². The minimum atomic E-state index is -0.119. The monoisotopic (exact) mass is 398 g/mol. The lowest BCUT2D eigenvalue weighted by atomic mass is 10.1. The van der Waals surface area contributed by atoms with Gasteiger partial charge in [-0.15, -0.1) is 0 Å². The summed E-state index contributed by atoms with van der Waals surface area (Å²) in [6.45, 7) is 2.44. The highest BCUT2D eigenvalue weighted by Gasteiger charge is 2.06. The molecule has 0 radical (unpaired) electrons. The van der Waals surface area contributed by atoms with Crippen LogP contribution in [0.4, 0.5) is 0 Å². The summed E-state index contributed by atoms with van der Waals surface area (Å²) in [5, 5.41) is 12.1. The molecule has 6 nitrogen and oxygen atoms in total. The number of methoxy groups -OCH3 is 2. The zero-order valence-corrected chi connectivity index (χ0v) is 17.4. The lowest BCUT2D eigenvalue weighted by Gasteiger charge is -2.17. The molecule has 2 aromatic rings. The van der Waals surface area contributed by atoms with Gasteiger partial charge in [-0.05, 0) is 67.9 Å². The van der Waals surface area contributed by atoms with E-state index < -0.39 is 0 Å². The second-order valence-electron chi connectivity index (χ2n) is 6.81. The van der Waals surface area contributed by atoms with Gasteiger partial charge in [-0.1, -0.05) is 18.2 Å². The Morgan fingerprint density at radius 1 is 1.07 bits per heavy atom. The molecule has 0 fully saturated rings. The van der Waals surface area contributed by atoms with E-state index in [0.29, 0.717) is 6.54 Å². The quantitative estimate of drug-likeness (QED) is 0.450. The number of carbonyl (C=O) groups excluding carboxylic acids is 1. The van der Waals surface area contributed by atoms with Gasteiger partial charge in [0.05, 0.1) is 14.2 Å². The number of ether oxygens (including phenoxy) is 2. The molecular formula is C23H30N2O4. The molecule has 2 N–H and O–H groups in total. The Morgan fingerprint density at radius 2 is 1.79 bits per heavy atom. The predicted octanol–water partition coefficient (Wildman–Crippen LogP) is 3.10. The van der Waals surface area contributed by atoms with Crippen molar-refractivity contribution in [2.24, 2.45) is 0 Å². The van der Waals surface area contributed by atoms with Crippen LogP contribution in [-0.2, 0) is 11.2 Å². The van der Waals surface area contributed by atoms with Gasteiger partial charge in [-0.2, -0.15) is 0 Å². The first kappa shape index (κ1) is 22.3. The van der Waals surface area contributed by atoms with Crippen LogP contribution in [-0.4, -0.2) is 56.8 Å². The topological polar surface area (TPSA) is 71.0 Å². The first-order chi connectivity index (χ1) is 14.0. The Balaban J connectivity index is 1.64.